The van der Waals surface area contributed by atoms with Crippen molar-refractivity contribution in [1.29, 1.82) is 0 Å². The van der Waals surface area contributed by atoms with Gasteiger partial charge in [-0.2, -0.15) is 0 Å². The van der Waals surface area contributed by atoms with Crippen LogP contribution in [0, 0.1) is 0 Å². The van der Waals surface area contributed by atoms with E-state index >= 15 is 0 Å². The zero-order chi connectivity index (χ0) is 14.4. The van der Waals surface area contributed by atoms with Crippen LogP contribution >= 0.6 is 0 Å². The Bertz CT molecular complexity index is 455. The third-order valence-corrected chi connectivity index (χ3v) is 3.16. The summed E-state index contributed by atoms with van der Waals surface area (Å²) in [6.07, 6.45) is 1.00. The van der Waals surface area contributed by atoms with Gasteiger partial charge in [0.1, 0.15) is 5.75 Å². The van der Waals surface area contributed by atoms with Crippen molar-refractivity contribution in [3.8, 4) is 5.75 Å². The Morgan fingerprint density at radius 1 is 1.42 bits per heavy atom. The molecule has 19 heavy (non-hydrogen) atoms. The molecule has 1 rings (SSSR count). The highest BCUT2D eigenvalue weighted by molar-refractivity contribution is 6.23. The van der Waals surface area contributed by atoms with E-state index in [9.17, 15) is 9.59 Å². The van der Waals surface area contributed by atoms with Gasteiger partial charge in [0.2, 0.25) is 6.29 Å². The second kappa shape index (κ2) is 6.92. The molecule has 0 spiro atoms. The smallest absolute Gasteiger partial charge is 0.286 e. The Balaban J connectivity index is 2.83. The molecule has 0 N–H and O–H groups in total. The standard InChI is InChI=1S/C15H21NO3/c1-11(2)12-5-6-14(19-4)13(9-12)7-8-16(3)15(18)10-17/h5-6,9-11H,7-8H2,1-4H3. The molecule has 0 saturated carbocycles. The second-order valence-corrected chi connectivity index (χ2v) is 4.85. The summed E-state index contributed by atoms with van der Waals surface area (Å²) < 4.78 is 5.33. The van der Waals surface area contributed by atoms with Crippen molar-refractivity contribution in [2.75, 3.05) is 20.7 Å². The van der Waals surface area contributed by atoms with Crippen LogP contribution in [0.2, 0.25) is 0 Å². The lowest BCUT2D eigenvalue weighted by atomic mass is 9.99. The van der Waals surface area contributed by atoms with E-state index in [2.05, 4.69) is 19.9 Å². The van der Waals surface area contributed by atoms with Gasteiger partial charge in [-0.1, -0.05) is 26.0 Å². The van der Waals surface area contributed by atoms with Crippen LogP contribution in [0.5, 0.6) is 5.75 Å². The summed E-state index contributed by atoms with van der Waals surface area (Å²) in [7, 11) is 3.25. The average Bonchev–Trinajstić information content (AvgIpc) is 2.43. The molecule has 0 aliphatic carbocycles. The molecule has 0 bridgehead atoms. The first-order valence-corrected chi connectivity index (χ1v) is 6.36. The molecule has 0 atom stereocenters. The number of rotatable bonds is 6. The number of hydrogen-bond acceptors (Lipinski definition) is 3. The lowest BCUT2D eigenvalue weighted by Gasteiger charge is -2.16. The van der Waals surface area contributed by atoms with E-state index in [4.69, 9.17) is 4.74 Å². The molecule has 1 aromatic carbocycles. The van der Waals surface area contributed by atoms with Crippen molar-refractivity contribution in [2.45, 2.75) is 26.2 Å². The van der Waals surface area contributed by atoms with E-state index in [1.807, 2.05) is 12.1 Å². The minimum Gasteiger partial charge on any atom is -0.496 e. The minimum atomic E-state index is -0.501. The van der Waals surface area contributed by atoms with Crippen molar-refractivity contribution in [2.24, 2.45) is 0 Å². The van der Waals surface area contributed by atoms with Crippen molar-refractivity contribution in [3.05, 3.63) is 29.3 Å². The normalized spacial score (nSPS) is 10.4. The molecular formula is C15H21NO3. The first kappa shape index (κ1) is 15.2. The average molecular weight is 263 g/mol. The van der Waals surface area contributed by atoms with Gasteiger partial charge in [-0.15, -0.1) is 0 Å². The third kappa shape index (κ3) is 4.09. The van der Waals surface area contributed by atoms with Gasteiger partial charge < -0.3 is 9.64 Å². The zero-order valence-electron chi connectivity index (χ0n) is 12.0. The van der Waals surface area contributed by atoms with Crippen LogP contribution in [0.3, 0.4) is 0 Å². The first-order valence-electron chi connectivity index (χ1n) is 6.36. The molecule has 0 aliphatic rings. The molecule has 0 aromatic heterocycles. The summed E-state index contributed by atoms with van der Waals surface area (Å²) in [4.78, 5) is 23.0. The van der Waals surface area contributed by atoms with E-state index in [-0.39, 0.29) is 0 Å². The fourth-order valence-corrected chi connectivity index (χ4v) is 1.84. The summed E-state index contributed by atoms with van der Waals surface area (Å²) in [5, 5.41) is 0. The predicted octanol–water partition coefficient (Wildman–Crippen LogP) is 2.02. The number of carbonyl (C=O) groups is 2. The van der Waals surface area contributed by atoms with Crippen LogP contribution in [-0.2, 0) is 16.0 Å². The van der Waals surface area contributed by atoms with Crippen molar-refractivity contribution in [3.63, 3.8) is 0 Å². The monoisotopic (exact) mass is 263 g/mol. The number of carbonyl (C=O) groups excluding carboxylic acids is 2. The van der Waals surface area contributed by atoms with Gasteiger partial charge in [0.25, 0.3) is 5.91 Å². The van der Waals surface area contributed by atoms with Gasteiger partial charge in [0.15, 0.2) is 0 Å². The molecule has 1 amide bonds. The van der Waals surface area contributed by atoms with Crippen LogP contribution in [0.4, 0.5) is 0 Å². The van der Waals surface area contributed by atoms with Crippen LogP contribution in [0.15, 0.2) is 18.2 Å². The molecule has 0 aliphatic heterocycles. The summed E-state index contributed by atoms with van der Waals surface area (Å²) in [6, 6.07) is 6.10. The number of aldehydes is 1. The third-order valence-electron chi connectivity index (χ3n) is 3.16. The number of amides is 1. The predicted molar refractivity (Wildman–Crippen MR) is 74.5 cm³/mol. The summed E-state index contributed by atoms with van der Waals surface area (Å²) in [5.41, 5.74) is 2.29. The minimum absolute atomic E-state index is 0.335. The van der Waals surface area contributed by atoms with Crippen LogP contribution in [0.25, 0.3) is 0 Å². The molecule has 104 valence electrons. The molecule has 1 aromatic rings. The Morgan fingerprint density at radius 3 is 2.63 bits per heavy atom. The Hall–Kier alpha value is -1.84. The van der Waals surface area contributed by atoms with Gasteiger partial charge in [-0.25, -0.2) is 0 Å². The maximum absolute atomic E-state index is 11.2. The van der Waals surface area contributed by atoms with Crippen molar-refractivity contribution in [1.82, 2.24) is 4.90 Å². The molecular weight excluding hydrogens is 242 g/mol. The highest BCUT2D eigenvalue weighted by atomic mass is 16.5. The highest BCUT2D eigenvalue weighted by Gasteiger charge is 2.10. The van der Waals surface area contributed by atoms with Crippen LogP contribution in [0.1, 0.15) is 30.9 Å². The van der Waals surface area contributed by atoms with Crippen LogP contribution in [-0.4, -0.2) is 37.8 Å². The Kier molecular flexibility index (Phi) is 5.55. The number of nitrogens with zero attached hydrogens (tertiary/aromatic N) is 1. The zero-order valence-corrected chi connectivity index (χ0v) is 12.0. The molecule has 0 unspecified atom stereocenters. The fourth-order valence-electron chi connectivity index (χ4n) is 1.84. The van der Waals surface area contributed by atoms with E-state index < -0.39 is 5.91 Å². The largest absolute Gasteiger partial charge is 0.496 e. The summed E-state index contributed by atoms with van der Waals surface area (Å²) >= 11 is 0. The first-order chi connectivity index (χ1) is 8.99. The van der Waals surface area contributed by atoms with E-state index in [1.54, 1.807) is 14.2 Å². The Morgan fingerprint density at radius 2 is 2.11 bits per heavy atom. The van der Waals surface area contributed by atoms with Crippen molar-refractivity contribution >= 4 is 12.2 Å². The lowest BCUT2D eigenvalue weighted by Crippen LogP contribution is -2.29. The maximum atomic E-state index is 11.2. The van der Waals surface area contributed by atoms with Gasteiger partial charge in [0, 0.05) is 13.6 Å². The number of methoxy groups -OCH3 is 1. The number of benzene rings is 1. The fraction of sp³-hybridized carbons (Fsp3) is 0.467. The summed E-state index contributed by atoms with van der Waals surface area (Å²) in [6.45, 7) is 4.76. The molecule has 4 nitrogen and oxygen atoms in total. The van der Waals surface area contributed by atoms with Crippen molar-refractivity contribution < 1.29 is 14.3 Å². The van der Waals surface area contributed by atoms with Gasteiger partial charge >= 0.3 is 0 Å². The van der Waals surface area contributed by atoms with Gasteiger partial charge in [-0.05, 0) is 29.5 Å². The maximum Gasteiger partial charge on any atom is 0.286 e. The molecule has 4 heteroatoms. The molecule has 0 heterocycles. The van der Waals surface area contributed by atoms with E-state index in [0.717, 1.165) is 11.3 Å². The quantitative estimate of drug-likeness (QED) is 0.582. The van der Waals surface area contributed by atoms with Gasteiger partial charge in [0.05, 0.1) is 7.11 Å². The Labute approximate surface area is 114 Å². The molecule has 0 fully saturated rings. The number of ether oxygens (including phenoxy) is 1. The molecule has 0 saturated heterocycles. The van der Waals surface area contributed by atoms with Gasteiger partial charge in [-0.3, -0.25) is 9.59 Å². The van der Waals surface area contributed by atoms with E-state index in [0.29, 0.717) is 25.2 Å². The number of hydrogen-bond donors (Lipinski definition) is 0. The SMILES string of the molecule is COc1ccc(C(C)C)cc1CCN(C)C(=O)C=O. The summed E-state index contributed by atoms with van der Waals surface area (Å²) in [5.74, 6) is 0.759. The van der Waals surface area contributed by atoms with Crippen LogP contribution < -0.4 is 4.74 Å². The highest BCUT2D eigenvalue weighted by Crippen LogP contribution is 2.24. The van der Waals surface area contributed by atoms with E-state index in [1.165, 1.54) is 10.5 Å². The number of likely N-dealkylation sites (N-methyl/N-ethyl adjacent to an activating group) is 1. The second-order valence-electron chi connectivity index (χ2n) is 4.85. The lowest BCUT2D eigenvalue weighted by molar-refractivity contribution is -0.137. The topological polar surface area (TPSA) is 46.6 Å². The molecule has 0 radical (unpaired) electrons.